The Morgan fingerprint density at radius 2 is 2.26 bits per heavy atom. The fourth-order valence-corrected chi connectivity index (χ4v) is 2.44. The van der Waals surface area contributed by atoms with Crippen LogP contribution in [0.4, 0.5) is 10.6 Å². The normalized spacial score (nSPS) is 18.4. The number of ether oxygens (including phenoxy) is 1. The van der Waals surface area contributed by atoms with Crippen molar-refractivity contribution in [3.63, 3.8) is 0 Å². The van der Waals surface area contributed by atoms with Gasteiger partial charge in [-0.1, -0.05) is 19.0 Å². The van der Waals surface area contributed by atoms with E-state index in [1.54, 1.807) is 11.0 Å². The van der Waals surface area contributed by atoms with Crippen LogP contribution in [-0.2, 0) is 4.74 Å². The average Bonchev–Trinajstić information content (AvgIpc) is 3.16. The number of urea groups is 1. The molecule has 2 amide bonds. The topological polar surface area (TPSA) is 80.7 Å². The number of anilines is 1. The molecule has 7 nitrogen and oxygen atoms in total. The van der Waals surface area contributed by atoms with Crippen molar-refractivity contribution in [2.24, 2.45) is 0 Å². The number of hydrogen-bond acceptors (Lipinski definition) is 5. The van der Waals surface area contributed by atoms with Crippen LogP contribution in [0.25, 0.3) is 0 Å². The van der Waals surface area contributed by atoms with E-state index in [1.165, 1.54) is 0 Å². The number of amides is 2. The number of rotatable bonds is 3. The van der Waals surface area contributed by atoms with Gasteiger partial charge in [-0.05, 0) is 19.1 Å². The van der Waals surface area contributed by atoms with E-state index < -0.39 is 0 Å². The molecule has 0 unspecified atom stereocenters. The fourth-order valence-electron chi connectivity index (χ4n) is 2.44. The lowest BCUT2D eigenvalue weighted by Crippen LogP contribution is -2.44. The minimum absolute atomic E-state index is 0.217. The summed E-state index contributed by atoms with van der Waals surface area (Å²) in [4.78, 5) is 14.1. The lowest BCUT2D eigenvalue weighted by molar-refractivity contribution is -0.0246. The van der Waals surface area contributed by atoms with E-state index in [-0.39, 0.29) is 18.1 Å². The smallest absolute Gasteiger partial charge is 0.323 e. The Morgan fingerprint density at radius 3 is 2.91 bits per heavy atom. The molecule has 1 aliphatic rings. The third kappa shape index (κ3) is 3.56. The second-order valence-corrected chi connectivity index (χ2v) is 5.95. The van der Waals surface area contributed by atoms with Gasteiger partial charge in [-0.3, -0.25) is 5.32 Å². The predicted octanol–water partition coefficient (Wildman–Crippen LogP) is 3.30. The molecule has 0 bridgehead atoms. The second kappa shape index (κ2) is 6.45. The zero-order valence-electron chi connectivity index (χ0n) is 13.5. The summed E-state index contributed by atoms with van der Waals surface area (Å²) < 4.78 is 16.5. The van der Waals surface area contributed by atoms with E-state index in [2.05, 4.69) is 10.5 Å². The van der Waals surface area contributed by atoms with Gasteiger partial charge in [0.1, 0.15) is 23.4 Å². The molecule has 1 atom stereocenters. The first-order chi connectivity index (χ1) is 11.0. The van der Waals surface area contributed by atoms with Gasteiger partial charge in [-0.15, -0.1) is 0 Å². The molecule has 3 rings (SSSR count). The van der Waals surface area contributed by atoms with E-state index in [1.807, 2.05) is 32.9 Å². The second-order valence-electron chi connectivity index (χ2n) is 5.95. The zero-order valence-corrected chi connectivity index (χ0v) is 13.5. The van der Waals surface area contributed by atoms with Gasteiger partial charge < -0.3 is 18.6 Å². The Labute approximate surface area is 134 Å². The van der Waals surface area contributed by atoms with Crippen LogP contribution in [0, 0.1) is 6.92 Å². The number of hydrogen-bond donors (Lipinski definition) is 1. The Kier molecular flexibility index (Phi) is 4.38. The molecule has 0 saturated carbocycles. The number of carbonyl (C=O) groups is 1. The number of furan rings is 1. The quantitative estimate of drug-likeness (QED) is 0.938. The van der Waals surface area contributed by atoms with Crippen molar-refractivity contribution in [3.8, 4) is 0 Å². The van der Waals surface area contributed by atoms with E-state index in [0.717, 1.165) is 17.3 Å². The molecule has 7 heteroatoms. The molecule has 3 heterocycles. The van der Waals surface area contributed by atoms with Crippen LogP contribution in [0.1, 0.15) is 43.2 Å². The predicted molar refractivity (Wildman–Crippen MR) is 83.3 cm³/mol. The number of carbonyl (C=O) groups excluding carboxylic acids is 1. The molecule has 1 saturated heterocycles. The number of aryl methyl sites for hydroxylation is 1. The van der Waals surface area contributed by atoms with Crippen LogP contribution in [0.5, 0.6) is 0 Å². The molecule has 2 aromatic rings. The van der Waals surface area contributed by atoms with E-state index >= 15 is 0 Å². The lowest BCUT2D eigenvalue weighted by Gasteiger charge is -2.31. The minimum atomic E-state index is -0.244. The van der Waals surface area contributed by atoms with Crippen LogP contribution in [0.2, 0.25) is 0 Å². The molecule has 0 aromatic carbocycles. The maximum absolute atomic E-state index is 12.4. The first-order valence-electron chi connectivity index (χ1n) is 7.73. The van der Waals surface area contributed by atoms with Gasteiger partial charge in [-0.2, -0.15) is 0 Å². The van der Waals surface area contributed by atoms with E-state index in [0.29, 0.717) is 25.5 Å². The lowest BCUT2D eigenvalue weighted by atomic mass is 10.2. The SMILES string of the molecule is Cc1ccc([C@@H]2CN(C(=O)Nc3cc(C(C)C)on3)CCO2)o1. The monoisotopic (exact) mass is 319 g/mol. The van der Waals surface area contributed by atoms with Gasteiger partial charge in [0.05, 0.1) is 13.2 Å². The maximum Gasteiger partial charge on any atom is 0.323 e. The third-order valence-corrected chi connectivity index (χ3v) is 3.76. The maximum atomic E-state index is 12.4. The molecule has 124 valence electrons. The Balaban J connectivity index is 1.62. The highest BCUT2D eigenvalue weighted by Crippen LogP contribution is 2.24. The summed E-state index contributed by atoms with van der Waals surface area (Å²) in [6.45, 7) is 7.32. The summed E-state index contributed by atoms with van der Waals surface area (Å²) in [5, 5.41) is 6.63. The molecule has 23 heavy (non-hydrogen) atoms. The van der Waals surface area contributed by atoms with Crippen molar-refractivity contribution in [1.29, 1.82) is 0 Å². The van der Waals surface area contributed by atoms with Crippen LogP contribution in [-0.4, -0.2) is 35.8 Å². The molecule has 2 aromatic heterocycles. The van der Waals surface area contributed by atoms with Crippen LogP contribution < -0.4 is 5.32 Å². The highest BCUT2D eigenvalue weighted by molar-refractivity contribution is 5.88. The van der Waals surface area contributed by atoms with Crippen molar-refractivity contribution in [2.45, 2.75) is 32.8 Å². The van der Waals surface area contributed by atoms with E-state index in [4.69, 9.17) is 13.7 Å². The largest absolute Gasteiger partial charge is 0.464 e. The number of aromatic nitrogens is 1. The van der Waals surface area contributed by atoms with Crippen LogP contribution >= 0.6 is 0 Å². The minimum Gasteiger partial charge on any atom is -0.464 e. The summed E-state index contributed by atoms with van der Waals surface area (Å²) in [6, 6.07) is 5.30. The zero-order chi connectivity index (χ0) is 16.4. The average molecular weight is 319 g/mol. The standard InChI is InChI=1S/C16H21N3O4/c1-10(2)13-8-15(18-23-13)17-16(20)19-6-7-21-14(9-19)12-5-4-11(3)22-12/h4-5,8,10,14H,6-7,9H2,1-3H3,(H,17,18,20)/t14-/m0/s1. The summed E-state index contributed by atoms with van der Waals surface area (Å²) in [7, 11) is 0. The third-order valence-electron chi connectivity index (χ3n) is 3.76. The van der Waals surface area contributed by atoms with Crippen molar-refractivity contribution in [3.05, 3.63) is 35.5 Å². The molecule has 0 aliphatic carbocycles. The number of nitrogens with zero attached hydrogens (tertiary/aromatic N) is 2. The van der Waals surface area contributed by atoms with Crippen LogP contribution in [0.3, 0.4) is 0 Å². The Morgan fingerprint density at radius 1 is 1.43 bits per heavy atom. The number of nitrogens with one attached hydrogen (secondary N) is 1. The Bertz CT molecular complexity index is 676. The molecule has 0 spiro atoms. The highest BCUT2D eigenvalue weighted by Gasteiger charge is 2.27. The van der Waals surface area contributed by atoms with Gasteiger partial charge in [0.2, 0.25) is 0 Å². The fraction of sp³-hybridized carbons (Fsp3) is 0.500. The first-order valence-corrected chi connectivity index (χ1v) is 7.73. The number of morpholine rings is 1. The molecule has 0 radical (unpaired) electrons. The van der Waals surface area contributed by atoms with Gasteiger partial charge >= 0.3 is 6.03 Å². The summed E-state index contributed by atoms with van der Waals surface area (Å²) in [6.07, 6.45) is -0.244. The summed E-state index contributed by atoms with van der Waals surface area (Å²) in [5.74, 6) is 2.96. The molecular weight excluding hydrogens is 298 g/mol. The summed E-state index contributed by atoms with van der Waals surface area (Å²) >= 11 is 0. The van der Waals surface area contributed by atoms with Gasteiger partial charge in [0.15, 0.2) is 5.82 Å². The van der Waals surface area contributed by atoms with Gasteiger partial charge in [-0.25, -0.2) is 4.79 Å². The molecule has 1 fully saturated rings. The van der Waals surface area contributed by atoms with Crippen molar-refractivity contribution < 1.29 is 18.5 Å². The first kappa shape index (κ1) is 15.6. The van der Waals surface area contributed by atoms with Gasteiger partial charge in [0, 0.05) is 18.5 Å². The van der Waals surface area contributed by atoms with Crippen molar-refractivity contribution in [1.82, 2.24) is 10.1 Å². The van der Waals surface area contributed by atoms with Crippen molar-refractivity contribution >= 4 is 11.8 Å². The van der Waals surface area contributed by atoms with Crippen LogP contribution in [0.15, 0.2) is 27.1 Å². The summed E-state index contributed by atoms with van der Waals surface area (Å²) in [5.41, 5.74) is 0. The highest BCUT2D eigenvalue weighted by atomic mass is 16.5. The Hall–Kier alpha value is -2.28. The van der Waals surface area contributed by atoms with E-state index in [9.17, 15) is 4.79 Å². The molecular formula is C16H21N3O4. The molecule has 1 aliphatic heterocycles. The van der Waals surface area contributed by atoms with Crippen molar-refractivity contribution in [2.75, 3.05) is 25.0 Å². The molecule has 1 N–H and O–H groups in total. The van der Waals surface area contributed by atoms with Gasteiger partial charge in [0.25, 0.3) is 0 Å².